The van der Waals surface area contributed by atoms with E-state index in [1.807, 2.05) is 24.3 Å². The summed E-state index contributed by atoms with van der Waals surface area (Å²) >= 11 is 0. The molecule has 1 aromatic carbocycles. The van der Waals surface area contributed by atoms with Gasteiger partial charge in [0.15, 0.2) is 0 Å². The summed E-state index contributed by atoms with van der Waals surface area (Å²) in [4.78, 5) is 21.7. The van der Waals surface area contributed by atoms with Crippen LogP contribution >= 0.6 is 0 Å². The lowest BCUT2D eigenvalue weighted by molar-refractivity contribution is 0.102. The smallest absolute Gasteiger partial charge is 0.257 e. The number of amides is 1. The second-order valence-corrected chi connectivity index (χ2v) is 7.09. The van der Waals surface area contributed by atoms with Crippen LogP contribution in [0.4, 0.5) is 17.2 Å². The molecular formula is C22H30N4O. The van der Waals surface area contributed by atoms with Gasteiger partial charge in [0.1, 0.15) is 5.82 Å². The first kappa shape index (κ1) is 19.2. The zero-order valence-electron chi connectivity index (χ0n) is 16.4. The van der Waals surface area contributed by atoms with Crippen molar-refractivity contribution in [2.45, 2.75) is 39.5 Å². The Morgan fingerprint density at radius 1 is 1.04 bits per heavy atom. The zero-order valence-corrected chi connectivity index (χ0v) is 16.4. The molecule has 1 amide bonds. The maximum atomic E-state index is 12.5. The number of rotatable bonds is 8. The SMILES string of the molecule is CCCN(CCC)c1ccc(C(=O)Nc2ccc(N3CCCC3)cc2)cn1. The highest BCUT2D eigenvalue weighted by Gasteiger charge is 2.13. The average molecular weight is 367 g/mol. The fraction of sp³-hybridized carbons (Fsp3) is 0.455. The highest BCUT2D eigenvalue weighted by molar-refractivity contribution is 6.04. The van der Waals surface area contributed by atoms with E-state index in [1.165, 1.54) is 18.5 Å². The number of nitrogens with one attached hydrogen (secondary N) is 1. The van der Waals surface area contributed by atoms with Crippen molar-refractivity contribution in [3.63, 3.8) is 0 Å². The summed E-state index contributed by atoms with van der Waals surface area (Å²) in [6.07, 6.45) is 6.35. The molecule has 0 bridgehead atoms. The number of carbonyl (C=O) groups excluding carboxylic acids is 1. The predicted molar refractivity (Wildman–Crippen MR) is 113 cm³/mol. The molecule has 5 nitrogen and oxygen atoms in total. The monoisotopic (exact) mass is 366 g/mol. The molecule has 5 heteroatoms. The number of nitrogens with zero attached hydrogens (tertiary/aromatic N) is 3. The van der Waals surface area contributed by atoms with Crippen LogP contribution in [-0.2, 0) is 0 Å². The van der Waals surface area contributed by atoms with Crippen LogP contribution in [0.1, 0.15) is 49.9 Å². The molecule has 1 aliphatic rings. The number of carbonyl (C=O) groups is 1. The Morgan fingerprint density at radius 3 is 2.26 bits per heavy atom. The van der Waals surface area contributed by atoms with E-state index in [4.69, 9.17) is 0 Å². The fourth-order valence-electron chi connectivity index (χ4n) is 3.52. The van der Waals surface area contributed by atoms with Crippen LogP contribution in [0.3, 0.4) is 0 Å². The quantitative estimate of drug-likeness (QED) is 0.744. The van der Waals surface area contributed by atoms with Crippen molar-refractivity contribution in [3.8, 4) is 0 Å². The molecule has 0 aliphatic carbocycles. The zero-order chi connectivity index (χ0) is 19.1. The standard InChI is InChI=1S/C22H30N4O/c1-3-13-26(14-4-2)21-12-7-18(17-23-21)22(27)24-19-8-10-20(11-9-19)25-15-5-6-16-25/h7-12,17H,3-6,13-16H2,1-2H3,(H,24,27). The third-order valence-corrected chi connectivity index (χ3v) is 4.92. The Morgan fingerprint density at radius 2 is 1.70 bits per heavy atom. The molecule has 2 aromatic rings. The third kappa shape index (κ3) is 5.00. The molecule has 1 N–H and O–H groups in total. The molecule has 0 atom stereocenters. The van der Waals surface area contributed by atoms with E-state index in [0.29, 0.717) is 5.56 Å². The molecule has 1 aliphatic heterocycles. The molecule has 144 valence electrons. The number of hydrogen-bond donors (Lipinski definition) is 1. The Bertz CT molecular complexity index is 715. The molecule has 2 heterocycles. The Kier molecular flexibility index (Phi) is 6.69. The summed E-state index contributed by atoms with van der Waals surface area (Å²) in [6.45, 7) is 8.54. The molecule has 27 heavy (non-hydrogen) atoms. The summed E-state index contributed by atoms with van der Waals surface area (Å²) in [7, 11) is 0. The molecule has 0 radical (unpaired) electrons. The summed E-state index contributed by atoms with van der Waals surface area (Å²) in [5.74, 6) is 0.811. The lowest BCUT2D eigenvalue weighted by Gasteiger charge is -2.22. The first-order valence-electron chi connectivity index (χ1n) is 10.1. The van der Waals surface area contributed by atoms with Gasteiger partial charge in [-0.25, -0.2) is 4.98 Å². The normalized spacial score (nSPS) is 13.6. The van der Waals surface area contributed by atoms with Crippen LogP contribution < -0.4 is 15.1 Å². The van der Waals surface area contributed by atoms with Gasteiger partial charge in [0.2, 0.25) is 0 Å². The van der Waals surface area contributed by atoms with Crippen LogP contribution in [0.25, 0.3) is 0 Å². The third-order valence-electron chi connectivity index (χ3n) is 4.92. The van der Waals surface area contributed by atoms with Crippen molar-refractivity contribution in [2.24, 2.45) is 0 Å². The van der Waals surface area contributed by atoms with Gasteiger partial charge in [-0.05, 0) is 62.1 Å². The number of benzene rings is 1. The van der Waals surface area contributed by atoms with Crippen molar-refractivity contribution in [1.82, 2.24) is 4.98 Å². The minimum atomic E-state index is -0.125. The van der Waals surface area contributed by atoms with Crippen LogP contribution in [-0.4, -0.2) is 37.1 Å². The van der Waals surface area contributed by atoms with E-state index >= 15 is 0 Å². The second-order valence-electron chi connectivity index (χ2n) is 7.09. The number of anilines is 3. The van der Waals surface area contributed by atoms with Crippen LogP contribution in [0.15, 0.2) is 42.6 Å². The first-order valence-corrected chi connectivity index (χ1v) is 10.1. The lowest BCUT2D eigenvalue weighted by atomic mass is 10.2. The van der Waals surface area contributed by atoms with Crippen molar-refractivity contribution in [2.75, 3.05) is 41.3 Å². The fourth-order valence-corrected chi connectivity index (χ4v) is 3.52. The van der Waals surface area contributed by atoms with Crippen molar-refractivity contribution in [1.29, 1.82) is 0 Å². The van der Waals surface area contributed by atoms with Gasteiger partial charge in [-0.3, -0.25) is 4.79 Å². The van der Waals surface area contributed by atoms with Gasteiger partial charge in [0.05, 0.1) is 5.56 Å². The van der Waals surface area contributed by atoms with Gasteiger partial charge in [0, 0.05) is 43.8 Å². The van der Waals surface area contributed by atoms with Gasteiger partial charge in [-0.2, -0.15) is 0 Å². The molecule has 1 fully saturated rings. The average Bonchev–Trinajstić information content (AvgIpc) is 3.23. The number of aromatic nitrogens is 1. The Labute approximate surface area is 162 Å². The molecular weight excluding hydrogens is 336 g/mol. The maximum Gasteiger partial charge on any atom is 0.257 e. The topological polar surface area (TPSA) is 48.5 Å². The van der Waals surface area contributed by atoms with Gasteiger partial charge >= 0.3 is 0 Å². The summed E-state index contributed by atoms with van der Waals surface area (Å²) in [6, 6.07) is 11.9. The van der Waals surface area contributed by atoms with E-state index in [1.54, 1.807) is 6.20 Å². The molecule has 0 spiro atoms. The molecule has 1 aromatic heterocycles. The van der Waals surface area contributed by atoms with Gasteiger partial charge in [-0.1, -0.05) is 13.8 Å². The first-order chi connectivity index (χ1) is 13.2. The van der Waals surface area contributed by atoms with E-state index in [9.17, 15) is 4.79 Å². The molecule has 0 saturated carbocycles. The van der Waals surface area contributed by atoms with E-state index in [0.717, 1.165) is 50.5 Å². The minimum absolute atomic E-state index is 0.125. The van der Waals surface area contributed by atoms with Crippen LogP contribution in [0.2, 0.25) is 0 Å². The van der Waals surface area contributed by atoms with Crippen molar-refractivity contribution in [3.05, 3.63) is 48.2 Å². The molecule has 3 rings (SSSR count). The Balaban J connectivity index is 1.62. The summed E-state index contributed by atoms with van der Waals surface area (Å²) in [5, 5.41) is 2.96. The highest BCUT2D eigenvalue weighted by atomic mass is 16.1. The van der Waals surface area contributed by atoms with E-state index in [2.05, 4.69) is 46.1 Å². The predicted octanol–water partition coefficient (Wildman–Crippen LogP) is 4.56. The summed E-state index contributed by atoms with van der Waals surface area (Å²) in [5.41, 5.74) is 2.62. The van der Waals surface area contributed by atoms with Gasteiger partial charge in [-0.15, -0.1) is 0 Å². The van der Waals surface area contributed by atoms with Crippen molar-refractivity contribution < 1.29 is 4.79 Å². The number of pyridine rings is 1. The second kappa shape index (κ2) is 9.40. The van der Waals surface area contributed by atoms with Crippen LogP contribution in [0.5, 0.6) is 0 Å². The molecule has 1 saturated heterocycles. The Hall–Kier alpha value is -2.56. The number of hydrogen-bond acceptors (Lipinski definition) is 4. The van der Waals surface area contributed by atoms with Crippen LogP contribution in [0, 0.1) is 0 Å². The van der Waals surface area contributed by atoms with Crippen molar-refractivity contribution >= 4 is 23.1 Å². The summed E-state index contributed by atoms with van der Waals surface area (Å²) < 4.78 is 0. The largest absolute Gasteiger partial charge is 0.372 e. The highest BCUT2D eigenvalue weighted by Crippen LogP contribution is 2.22. The van der Waals surface area contributed by atoms with Gasteiger partial charge in [0.25, 0.3) is 5.91 Å². The minimum Gasteiger partial charge on any atom is -0.372 e. The molecule has 0 unspecified atom stereocenters. The van der Waals surface area contributed by atoms with Gasteiger partial charge < -0.3 is 15.1 Å². The van der Waals surface area contributed by atoms with E-state index in [-0.39, 0.29) is 5.91 Å². The maximum absolute atomic E-state index is 12.5. The van der Waals surface area contributed by atoms with E-state index < -0.39 is 0 Å². The lowest BCUT2D eigenvalue weighted by Crippen LogP contribution is -2.26.